The second-order valence-corrected chi connectivity index (χ2v) is 13.0. The lowest BCUT2D eigenvalue weighted by atomic mass is 10.0. The number of para-hydroxylation sites is 1. The first-order valence-electron chi connectivity index (χ1n) is 17.5. The quantitative estimate of drug-likeness (QED) is 0.178. The highest BCUT2D eigenvalue weighted by atomic mass is 15.2. The van der Waals surface area contributed by atoms with Crippen molar-refractivity contribution in [2.75, 3.05) is 0 Å². The molecule has 0 fully saturated rings. The third-order valence-corrected chi connectivity index (χ3v) is 9.76. The maximum Gasteiger partial charge on any atom is 0.220 e. The summed E-state index contributed by atoms with van der Waals surface area (Å²) in [6.07, 6.45) is 0. The van der Waals surface area contributed by atoms with Gasteiger partial charge in [-0.05, 0) is 64.7 Å². The van der Waals surface area contributed by atoms with Gasteiger partial charge < -0.3 is 0 Å². The van der Waals surface area contributed by atoms with E-state index in [-0.39, 0.29) is 0 Å². The van der Waals surface area contributed by atoms with Crippen molar-refractivity contribution in [3.05, 3.63) is 188 Å². The minimum absolute atomic E-state index is 0.710. The molecule has 0 bridgehead atoms. The summed E-state index contributed by atoms with van der Waals surface area (Å²) < 4.78 is 4.56. The van der Waals surface area contributed by atoms with E-state index in [9.17, 15) is 0 Å². The molecule has 3 heterocycles. The first-order valence-corrected chi connectivity index (χ1v) is 17.5. The smallest absolute Gasteiger partial charge is 0.220 e. The van der Waals surface area contributed by atoms with E-state index in [1.54, 1.807) is 0 Å². The number of hydrogen-bond acceptors (Lipinski definition) is 3. The van der Waals surface area contributed by atoms with E-state index in [1.807, 2.05) is 36.4 Å². The number of fused-ring (bicyclic) bond motifs is 5. The van der Waals surface area contributed by atoms with Crippen LogP contribution in [0.1, 0.15) is 0 Å². The van der Waals surface area contributed by atoms with Crippen molar-refractivity contribution in [2.45, 2.75) is 0 Å². The zero-order valence-electron chi connectivity index (χ0n) is 28.1. The number of imidazole rings is 2. The zero-order chi connectivity index (χ0) is 34.4. The number of benzene rings is 7. The predicted octanol–water partition coefficient (Wildman–Crippen LogP) is 11.6. The standard InChI is InChI=1S/C47H31N5/c1-5-13-32(14-6-1)38-26-28-43-45(30-38)52-44-29-37(25-27-40(44)50-47(52)51(43)39-19-11-4-12-20-39)33-21-23-35(24-22-33)42-31-41(34-15-7-2-8-16-34)48-46(49-42)36-17-9-3-10-18-36/h1-31H. The summed E-state index contributed by atoms with van der Waals surface area (Å²) in [5.41, 5.74) is 14.8. The minimum Gasteiger partial charge on any atom is -0.278 e. The van der Waals surface area contributed by atoms with Gasteiger partial charge in [-0.25, -0.2) is 15.0 Å². The fraction of sp³-hybridized carbons (Fsp3) is 0. The fourth-order valence-electron chi connectivity index (χ4n) is 7.17. The van der Waals surface area contributed by atoms with Crippen LogP contribution in [0.15, 0.2) is 188 Å². The lowest BCUT2D eigenvalue weighted by Gasteiger charge is -2.10. The SMILES string of the molecule is c1ccc(-c2ccc3c(c2)n2c4cc(-c5ccc(-c6cc(-c7ccccc7)nc(-c7ccccc7)n6)cc5)ccc4nc2n3-c2ccccc2)cc1. The molecular formula is C47H31N5. The third-order valence-electron chi connectivity index (χ3n) is 9.76. The van der Waals surface area contributed by atoms with Crippen molar-refractivity contribution in [2.24, 2.45) is 0 Å². The van der Waals surface area contributed by atoms with Crippen LogP contribution in [0.2, 0.25) is 0 Å². The van der Waals surface area contributed by atoms with Crippen LogP contribution in [0.4, 0.5) is 0 Å². The Labute approximate surface area is 300 Å². The fourth-order valence-corrected chi connectivity index (χ4v) is 7.17. The summed E-state index contributed by atoms with van der Waals surface area (Å²) in [4.78, 5) is 15.2. The highest BCUT2D eigenvalue weighted by Crippen LogP contribution is 2.35. The monoisotopic (exact) mass is 665 g/mol. The third kappa shape index (κ3) is 5.15. The molecule has 0 atom stereocenters. The van der Waals surface area contributed by atoms with Gasteiger partial charge >= 0.3 is 0 Å². The molecule has 0 radical (unpaired) electrons. The number of rotatable bonds is 6. The second kappa shape index (κ2) is 12.3. The first kappa shape index (κ1) is 29.8. The molecule has 3 aromatic heterocycles. The molecule has 0 saturated heterocycles. The summed E-state index contributed by atoms with van der Waals surface area (Å²) in [7, 11) is 0. The van der Waals surface area contributed by atoms with Crippen LogP contribution in [0.5, 0.6) is 0 Å². The van der Waals surface area contributed by atoms with Gasteiger partial charge in [-0.15, -0.1) is 0 Å². The van der Waals surface area contributed by atoms with Crippen molar-refractivity contribution in [1.82, 2.24) is 23.9 Å². The van der Waals surface area contributed by atoms with Gasteiger partial charge in [-0.3, -0.25) is 8.97 Å². The maximum atomic E-state index is 5.20. The Morgan fingerprint density at radius 1 is 0.327 bits per heavy atom. The molecule has 0 unspecified atom stereocenters. The van der Waals surface area contributed by atoms with Gasteiger partial charge in [0, 0.05) is 22.4 Å². The van der Waals surface area contributed by atoms with E-state index in [2.05, 4.69) is 161 Å². The van der Waals surface area contributed by atoms with E-state index in [4.69, 9.17) is 15.0 Å². The maximum absolute atomic E-state index is 5.20. The van der Waals surface area contributed by atoms with Crippen LogP contribution in [-0.2, 0) is 0 Å². The van der Waals surface area contributed by atoms with E-state index in [1.165, 1.54) is 11.1 Å². The van der Waals surface area contributed by atoms with Gasteiger partial charge in [0.05, 0.1) is 33.5 Å². The van der Waals surface area contributed by atoms with Gasteiger partial charge in [-0.2, -0.15) is 0 Å². The Hall–Kier alpha value is -7.11. The normalized spacial score (nSPS) is 11.5. The average molecular weight is 666 g/mol. The first-order chi connectivity index (χ1) is 25.8. The number of nitrogens with zero attached hydrogens (tertiary/aromatic N) is 5. The van der Waals surface area contributed by atoms with E-state index in [0.29, 0.717) is 5.82 Å². The lowest BCUT2D eigenvalue weighted by molar-refractivity contribution is 1.11. The summed E-state index contributed by atoms with van der Waals surface area (Å²) in [6, 6.07) is 65.5. The van der Waals surface area contributed by atoms with Gasteiger partial charge in [0.15, 0.2) is 5.82 Å². The van der Waals surface area contributed by atoms with Crippen molar-refractivity contribution in [3.63, 3.8) is 0 Å². The van der Waals surface area contributed by atoms with Gasteiger partial charge in [0.2, 0.25) is 5.78 Å². The molecule has 244 valence electrons. The lowest BCUT2D eigenvalue weighted by Crippen LogP contribution is -1.95. The summed E-state index contributed by atoms with van der Waals surface area (Å²) in [5, 5.41) is 0. The van der Waals surface area contributed by atoms with E-state index >= 15 is 0 Å². The molecule has 0 amide bonds. The Kier molecular flexibility index (Phi) is 7.07. The molecule has 0 aliphatic rings. The largest absolute Gasteiger partial charge is 0.278 e. The minimum atomic E-state index is 0.710. The molecule has 10 rings (SSSR count). The molecule has 0 saturated carbocycles. The Morgan fingerprint density at radius 2 is 0.808 bits per heavy atom. The molecule has 0 N–H and O–H groups in total. The van der Waals surface area contributed by atoms with Gasteiger partial charge in [0.25, 0.3) is 0 Å². The topological polar surface area (TPSA) is 48.0 Å². The van der Waals surface area contributed by atoms with E-state index in [0.717, 1.165) is 72.7 Å². The number of hydrogen-bond donors (Lipinski definition) is 0. The van der Waals surface area contributed by atoms with Crippen molar-refractivity contribution < 1.29 is 0 Å². The van der Waals surface area contributed by atoms with Gasteiger partial charge in [0.1, 0.15) is 0 Å². The molecule has 0 spiro atoms. The van der Waals surface area contributed by atoms with Crippen molar-refractivity contribution in [1.29, 1.82) is 0 Å². The van der Waals surface area contributed by atoms with E-state index < -0.39 is 0 Å². The average Bonchev–Trinajstić information content (AvgIpc) is 3.76. The molecular weight excluding hydrogens is 635 g/mol. The van der Waals surface area contributed by atoms with Crippen LogP contribution in [0.25, 0.3) is 89.7 Å². The molecule has 52 heavy (non-hydrogen) atoms. The van der Waals surface area contributed by atoms with Crippen LogP contribution in [0.3, 0.4) is 0 Å². The molecule has 0 aliphatic heterocycles. The predicted molar refractivity (Wildman–Crippen MR) is 212 cm³/mol. The number of aromatic nitrogens is 5. The summed E-state index contributed by atoms with van der Waals surface area (Å²) in [5.74, 6) is 1.60. The second-order valence-electron chi connectivity index (χ2n) is 13.0. The zero-order valence-corrected chi connectivity index (χ0v) is 28.1. The van der Waals surface area contributed by atoms with Crippen LogP contribution in [-0.4, -0.2) is 23.9 Å². The highest BCUT2D eigenvalue weighted by molar-refractivity contribution is 5.95. The summed E-state index contributed by atoms with van der Waals surface area (Å²) >= 11 is 0. The van der Waals surface area contributed by atoms with Crippen LogP contribution in [0, 0.1) is 0 Å². The van der Waals surface area contributed by atoms with Crippen molar-refractivity contribution >= 4 is 27.8 Å². The molecule has 10 aromatic rings. The molecule has 0 aliphatic carbocycles. The molecule has 5 heteroatoms. The molecule has 7 aromatic carbocycles. The Balaban J connectivity index is 1.09. The summed E-state index contributed by atoms with van der Waals surface area (Å²) in [6.45, 7) is 0. The Bertz CT molecular complexity index is 2800. The van der Waals surface area contributed by atoms with Crippen molar-refractivity contribution in [3.8, 4) is 61.8 Å². The highest BCUT2D eigenvalue weighted by Gasteiger charge is 2.19. The van der Waals surface area contributed by atoms with Gasteiger partial charge in [-0.1, -0.05) is 146 Å². The Morgan fingerprint density at radius 3 is 1.46 bits per heavy atom. The van der Waals surface area contributed by atoms with Crippen LogP contribution < -0.4 is 0 Å². The molecule has 5 nitrogen and oxygen atoms in total. The van der Waals surface area contributed by atoms with Crippen LogP contribution >= 0.6 is 0 Å².